The van der Waals surface area contributed by atoms with Gasteiger partial charge in [0.1, 0.15) is 6.33 Å². The van der Waals surface area contributed by atoms with Crippen LogP contribution < -0.4 is 10.6 Å². The first-order valence-electron chi connectivity index (χ1n) is 8.39. The van der Waals surface area contributed by atoms with Gasteiger partial charge in [0.25, 0.3) is 0 Å². The van der Waals surface area contributed by atoms with Crippen molar-refractivity contribution in [3.05, 3.63) is 68.6 Å². The quantitative estimate of drug-likeness (QED) is 0.397. The SMILES string of the molecule is Cc1ccc(C)c(Nc2ncnc(Nc3ncc(C(F)(F)F)cc3Cl)c2[N+](=O)[O-])c1. The Balaban J connectivity index is 1.99. The van der Waals surface area contributed by atoms with Crippen molar-refractivity contribution in [2.45, 2.75) is 20.0 Å². The summed E-state index contributed by atoms with van der Waals surface area (Å²) in [7, 11) is 0. The first kappa shape index (κ1) is 21.2. The van der Waals surface area contributed by atoms with E-state index >= 15 is 0 Å². The maximum Gasteiger partial charge on any atom is 0.417 e. The molecule has 0 radical (unpaired) electrons. The van der Waals surface area contributed by atoms with Crippen molar-refractivity contribution in [1.29, 1.82) is 0 Å². The fraction of sp³-hybridized carbons (Fsp3) is 0.167. The lowest BCUT2D eigenvalue weighted by molar-refractivity contribution is -0.383. The van der Waals surface area contributed by atoms with Crippen LogP contribution in [0.1, 0.15) is 16.7 Å². The number of nitrogens with one attached hydrogen (secondary N) is 2. The van der Waals surface area contributed by atoms with Gasteiger partial charge in [-0.3, -0.25) is 10.1 Å². The van der Waals surface area contributed by atoms with Crippen molar-refractivity contribution in [2.75, 3.05) is 10.6 Å². The van der Waals surface area contributed by atoms with Crippen LogP contribution in [0.25, 0.3) is 0 Å². The number of rotatable bonds is 5. The van der Waals surface area contributed by atoms with E-state index in [1.807, 2.05) is 26.0 Å². The highest BCUT2D eigenvalue weighted by Gasteiger charge is 2.32. The van der Waals surface area contributed by atoms with Crippen molar-refractivity contribution >= 4 is 40.4 Å². The summed E-state index contributed by atoms with van der Waals surface area (Å²) in [6.45, 7) is 3.68. The number of pyridine rings is 1. The molecule has 0 spiro atoms. The average Bonchev–Trinajstić information content (AvgIpc) is 2.65. The van der Waals surface area contributed by atoms with E-state index in [0.29, 0.717) is 18.0 Å². The van der Waals surface area contributed by atoms with Crippen LogP contribution in [0.4, 0.5) is 42.0 Å². The van der Waals surface area contributed by atoms with Crippen LogP contribution in [0.15, 0.2) is 36.8 Å². The van der Waals surface area contributed by atoms with E-state index in [9.17, 15) is 23.3 Å². The number of hydrogen-bond donors (Lipinski definition) is 2. The number of aromatic nitrogens is 3. The Hall–Kier alpha value is -3.47. The Bertz CT molecular complexity index is 1120. The zero-order valence-corrected chi connectivity index (χ0v) is 16.3. The van der Waals surface area contributed by atoms with Crippen LogP contribution in [0.3, 0.4) is 0 Å². The number of anilines is 4. The van der Waals surface area contributed by atoms with Gasteiger partial charge >= 0.3 is 11.9 Å². The molecule has 3 aromatic rings. The van der Waals surface area contributed by atoms with E-state index in [4.69, 9.17) is 11.6 Å². The molecular weight excluding hydrogens is 425 g/mol. The lowest BCUT2D eigenvalue weighted by atomic mass is 10.1. The maximum atomic E-state index is 12.8. The van der Waals surface area contributed by atoms with Crippen molar-refractivity contribution in [2.24, 2.45) is 0 Å². The third-order valence-electron chi connectivity index (χ3n) is 4.06. The van der Waals surface area contributed by atoms with Gasteiger partial charge in [0.05, 0.1) is 15.5 Å². The van der Waals surface area contributed by atoms with E-state index in [1.165, 1.54) is 0 Å². The molecule has 0 fully saturated rings. The molecule has 0 aliphatic rings. The number of aryl methyl sites for hydroxylation is 2. The zero-order chi connectivity index (χ0) is 22.1. The molecule has 30 heavy (non-hydrogen) atoms. The van der Waals surface area contributed by atoms with Crippen LogP contribution >= 0.6 is 11.6 Å². The molecule has 8 nitrogen and oxygen atoms in total. The van der Waals surface area contributed by atoms with Crippen LogP contribution in [0.2, 0.25) is 5.02 Å². The fourth-order valence-corrected chi connectivity index (χ4v) is 2.74. The molecule has 156 valence electrons. The van der Waals surface area contributed by atoms with Gasteiger partial charge in [0, 0.05) is 11.9 Å². The molecule has 0 unspecified atom stereocenters. The van der Waals surface area contributed by atoms with Gasteiger partial charge < -0.3 is 10.6 Å². The number of benzene rings is 1. The minimum Gasteiger partial charge on any atom is -0.334 e. The summed E-state index contributed by atoms with van der Waals surface area (Å²) in [5, 5.41) is 16.7. The summed E-state index contributed by atoms with van der Waals surface area (Å²) >= 11 is 5.87. The highest BCUT2D eigenvalue weighted by atomic mass is 35.5. The highest BCUT2D eigenvalue weighted by molar-refractivity contribution is 6.33. The smallest absolute Gasteiger partial charge is 0.334 e. The lowest BCUT2D eigenvalue weighted by Crippen LogP contribution is -2.09. The summed E-state index contributed by atoms with van der Waals surface area (Å²) in [6.07, 6.45) is -2.99. The second kappa shape index (κ2) is 8.11. The Labute approximate surface area is 173 Å². The Morgan fingerprint density at radius 3 is 2.30 bits per heavy atom. The lowest BCUT2D eigenvalue weighted by Gasteiger charge is -2.13. The monoisotopic (exact) mass is 438 g/mol. The van der Waals surface area contributed by atoms with Crippen LogP contribution in [0, 0.1) is 24.0 Å². The van der Waals surface area contributed by atoms with E-state index in [0.717, 1.165) is 17.5 Å². The first-order valence-corrected chi connectivity index (χ1v) is 8.77. The van der Waals surface area contributed by atoms with Crippen LogP contribution in [-0.4, -0.2) is 19.9 Å². The molecule has 0 bridgehead atoms. The third-order valence-corrected chi connectivity index (χ3v) is 4.34. The second-order valence-electron chi connectivity index (χ2n) is 6.30. The molecule has 1 aromatic carbocycles. The van der Waals surface area contributed by atoms with Gasteiger partial charge in [-0.2, -0.15) is 13.2 Å². The number of halogens is 4. The fourth-order valence-electron chi connectivity index (χ4n) is 2.53. The minimum atomic E-state index is -4.63. The molecule has 2 heterocycles. The average molecular weight is 439 g/mol. The summed E-state index contributed by atoms with van der Waals surface area (Å²) < 4.78 is 38.3. The van der Waals surface area contributed by atoms with E-state index < -0.39 is 22.4 Å². The summed E-state index contributed by atoms with van der Waals surface area (Å²) in [6, 6.07) is 6.19. The molecule has 12 heteroatoms. The topological polar surface area (TPSA) is 106 Å². The molecule has 0 saturated carbocycles. The van der Waals surface area contributed by atoms with Gasteiger partial charge in [0.2, 0.25) is 11.6 Å². The maximum absolute atomic E-state index is 12.8. The summed E-state index contributed by atoms with van der Waals surface area (Å²) in [4.78, 5) is 22.3. The number of hydrogen-bond acceptors (Lipinski definition) is 7. The van der Waals surface area contributed by atoms with Crippen LogP contribution in [-0.2, 0) is 6.18 Å². The molecular formula is C18H14ClF3N6O2. The number of nitro groups is 1. The summed E-state index contributed by atoms with van der Waals surface area (Å²) in [5.74, 6) is -0.602. The predicted molar refractivity (Wildman–Crippen MR) is 105 cm³/mol. The molecule has 0 amide bonds. The van der Waals surface area contributed by atoms with Crippen molar-refractivity contribution < 1.29 is 18.1 Å². The van der Waals surface area contributed by atoms with E-state index in [1.54, 1.807) is 6.07 Å². The second-order valence-corrected chi connectivity index (χ2v) is 6.70. The first-order chi connectivity index (χ1) is 14.1. The standard InChI is InChI=1S/C18H14ClF3N6O2/c1-9-3-4-10(2)13(5-9)26-16-14(28(29)30)17(25-8-24-16)27-15-12(19)6-11(7-23-15)18(20,21)22/h3-8H,1-2H3,(H2,23,24,25,26,27). The predicted octanol–water partition coefficient (Wildman–Crippen LogP) is 5.56. The molecule has 0 atom stereocenters. The van der Waals surface area contributed by atoms with E-state index in [-0.39, 0.29) is 22.5 Å². The van der Waals surface area contributed by atoms with Gasteiger partial charge in [0.15, 0.2) is 5.82 Å². The Morgan fingerprint density at radius 1 is 1.03 bits per heavy atom. The molecule has 0 aliphatic carbocycles. The molecule has 0 aliphatic heterocycles. The molecule has 2 N–H and O–H groups in total. The molecule has 2 aromatic heterocycles. The van der Waals surface area contributed by atoms with Crippen molar-refractivity contribution in [3.8, 4) is 0 Å². The Morgan fingerprint density at radius 2 is 1.70 bits per heavy atom. The zero-order valence-electron chi connectivity index (χ0n) is 15.6. The van der Waals surface area contributed by atoms with Crippen molar-refractivity contribution in [3.63, 3.8) is 0 Å². The highest BCUT2D eigenvalue weighted by Crippen LogP contribution is 2.36. The Kier molecular flexibility index (Phi) is 5.74. The minimum absolute atomic E-state index is 0.103. The van der Waals surface area contributed by atoms with Crippen LogP contribution in [0.5, 0.6) is 0 Å². The molecule has 0 saturated heterocycles. The van der Waals surface area contributed by atoms with Gasteiger partial charge in [-0.25, -0.2) is 15.0 Å². The van der Waals surface area contributed by atoms with Crippen molar-refractivity contribution in [1.82, 2.24) is 15.0 Å². The number of alkyl halides is 3. The summed E-state index contributed by atoms with van der Waals surface area (Å²) in [5.41, 5.74) is 0.798. The molecule has 3 rings (SSSR count). The largest absolute Gasteiger partial charge is 0.417 e. The van der Waals surface area contributed by atoms with E-state index in [2.05, 4.69) is 25.6 Å². The number of nitrogens with zero attached hydrogens (tertiary/aromatic N) is 4. The van der Waals surface area contributed by atoms with Gasteiger partial charge in [-0.05, 0) is 37.1 Å². The van der Waals surface area contributed by atoms with Gasteiger partial charge in [-0.1, -0.05) is 23.7 Å². The third kappa shape index (κ3) is 4.57. The normalized spacial score (nSPS) is 11.3. The van der Waals surface area contributed by atoms with Gasteiger partial charge in [-0.15, -0.1) is 0 Å².